The number of ether oxygens (including phenoxy) is 2. The molecule has 1 aromatic carbocycles. The minimum Gasteiger partial charge on any atom is -0.454 e. The Balaban J connectivity index is 1.42. The first kappa shape index (κ1) is 13.6. The highest BCUT2D eigenvalue weighted by atomic mass is 16.7. The lowest BCUT2D eigenvalue weighted by Crippen LogP contribution is -2.22. The highest BCUT2D eigenvalue weighted by molar-refractivity contribution is 5.44. The van der Waals surface area contributed by atoms with E-state index in [9.17, 15) is 0 Å². The van der Waals surface area contributed by atoms with Crippen LogP contribution in [0.4, 0.5) is 0 Å². The van der Waals surface area contributed by atoms with Crippen LogP contribution in [-0.4, -0.2) is 28.4 Å². The van der Waals surface area contributed by atoms with Gasteiger partial charge in [0, 0.05) is 12.5 Å². The lowest BCUT2D eigenvalue weighted by molar-refractivity contribution is 0.174. The van der Waals surface area contributed by atoms with Crippen molar-refractivity contribution in [1.82, 2.24) is 15.0 Å². The molecular formula is C16H19N3O3. The van der Waals surface area contributed by atoms with Crippen LogP contribution in [0.3, 0.4) is 0 Å². The van der Waals surface area contributed by atoms with Crippen LogP contribution in [0.5, 0.6) is 11.5 Å². The highest BCUT2D eigenvalue weighted by Crippen LogP contribution is 2.38. The number of benzene rings is 1. The second-order valence-electron chi connectivity index (χ2n) is 5.81. The van der Waals surface area contributed by atoms with Gasteiger partial charge in [-0.15, -0.1) is 0 Å². The van der Waals surface area contributed by atoms with Gasteiger partial charge in [-0.3, -0.25) is 4.90 Å². The van der Waals surface area contributed by atoms with Gasteiger partial charge in [-0.05, 0) is 37.1 Å². The molecule has 0 amide bonds. The zero-order valence-corrected chi connectivity index (χ0v) is 12.6. The number of hydrogen-bond donors (Lipinski definition) is 0. The number of hydrogen-bond acceptors (Lipinski definition) is 6. The molecule has 116 valence electrons. The van der Waals surface area contributed by atoms with E-state index < -0.39 is 0 Å². The molecule has 1 aromatic heterocycles. The Hall–Kier alpha value is -2.08. The van der Waals surface area contributed by atoms with Crippen LogP contribution in [0, 0.1) is 0 Å². The zero-order chi connectivity index (χ0) is 14.9. The maximum absolute atomic E-state index is 5.43. The Bertz CT molecular complexity index is 666. The van der Waals surface area contributed by atoms with E-state index in [2.05, 4.69) is 28.0 Å². The first-order chi connectivity index (χ1) is 10.8. The Morgan fingerprint density at radius 3 is 2.86 bits per heavy atom. The SMILES string of the molecule is CCN(Cc1ccc2c(c1)OCO2)Cc1nc(C2CC2)no1. The van der Waals surface area contributed by atoms with Gasteiger partial charge in [0.15, 0.2) is 17.3 Å². The fourth-order valence-electron chi connectivity index (χ4n) is 2.61. The number of rotatable bonds is 6. The molecule has 0 saturated heterocycles. The van der Waals surface area contributed by atoms with Crippen molar-refractivity contribution in [1.29, 1.82) is 0 Å². The van der Waals surface area contributed by atoms with Crippen molar-refractivity contribution in [2.45, 2.75) is 38.8 Å². The van der Waals surface area contributed by atoms with Gasteiger partial charge < -0.3 is 14.0 Å². The minimum atomic E-state index is 0.308. The highest BCUT2D eigenvalue weighted by Gasteiger charge is 2.29. The second kappa shape index (κ2) is 5.61. The van der Waals surface area contributed by atoms with E-state index in [-0.39, 0.29) is 0 Å². The summed E-state index contributed by atoms with van der Waals surface area (Å²) in [5, 5.41) is 4.07. The Labute approximate surface area is 129 Å². The molecule has 1 fully saturated rings. The first-order valence-electron chi connectivity index (χ1n) is 7.75. The van der Waals surface area contributed by atoms with Crippen molar-refractivity contribution >= 4 is 0 Å². The van der Waals surface area contributed by atoms with Gasteiger partial charge in [-0.25, -0.2) is 0 Å². The molecule has 2 aromatic rings. The smallest absolute Gasteiger partial charge is 0.240 e. The summed E-state index contributed by atoms with van der Waals surface area (Å²) in [6.45, 7) is 4.84. The topological polar surface area (TPSA) is 60.6 Å². The molecule has 0 bridgehead atoms. The van der Waals surface area contributed by atoms with Gasteiger partial charge in [0.2, 0.25) is 12.7 Å². The van der Waals surface area contributed by atoms with Crippen molar-refractivity contribution in [3.63, 3.8) is 0 Å². The lowest BCUT2D eigenvalue weighted by Gasteiger charge is -2.18. The molecule has 0 radical (unpaired) electrons. The molecule has 0 spiro atoms. The van der Waals surface area contributed by atoms with Gasteiger partial charge in [-0.1, -0.05) is 18.1 Å². The maximum atomic E-state index is 5.43. The summed E-state index contributed by atoms with van der Waals surface area (Å²) < 4.78 is 16.1. The maximum Gasteiger partial charge on any atom is 0.240 e. The summed E-state index contributed by atoms with van der Waals surface area (Å²) in [4.78, 5) is 6.76. The van der Waals surface area contributed by atoms with Crippen molar-refractivity contribution in [3.8, 4) is 11.5 Å². The van der Waals surface area contributed by atoms with E-state index in [1.165, 1.54) is 18.4 Å². The molecule has 0 atom stereocenters. The van der Waals surface area contributed by atoms with Crippen LogP contribution >= 0.6 is 0 Å². The molecule has 6 heteroatoms. The van der Waals surface area contributed by atoms with E-state index >= 15 is 0 Å². The minimum absolute atomic E-state index is 0.308. The number of aromatic nitrogens is 2. The molecule has 1 aliphatic heterocycles. The molecule has 2 heterocycles. The predicted molar refractivity (Wildman–Crippen MR) is 78.6 cm³/mol. The fourth-order valence-corrected chi connectivity index (χ4v) is 2.61. The number of nitrogens with zero attached hydrogens (tertiary/aromatic N) is 3. The van der Waals surface area contributed by atoms with Crippen LogP contribution in [0.2, 0.25) is 0 Å². The van der Waals surface area contributed by atoms with E-state index in [0.29, 0.717) is 25.1 Å². The average molecular weight is 301 g/mol. The molecule has 1 saturated carbocycles. The summed E-state index contributed by atoms with van der Waals surface area (Å²) in [6, 6.07) is 6.07. The van der Waals surface area contributed by atoms with Crippen LogP contribution in [-0.2, 0) is 13.1 Å². The third-order valence-corrected chi connectivity index (χ3v) is 4.08. The Kier molecular flexibility index (Phi) is 3.46. The van der Waals surface area contributed by atoms with Crippen LogP contribution < -0.4 is 9.47 Å². The van der Waals surface area contributed by atoms with E-state index in [0.717, 1.165) is 30.4 Å². The lowest BCUT2D eigenvalue weighted by atomic mass is 10.2. The van der Waals surface area contributed by atoms with E-state index in [4.69, 9.17) is 14.0 Å². The molecule has 22 heavy (non-hydrogen) atoms. The summed E-state index contributed by atoms with van der Waals surface area (Å²) in [6.07, 6.45) is 2.38. The van der Waals surface area contributed by atoms with Crippen LogP contribution in [0.25, 0.3) is 0 Å². The van der Waals surface area contributed by atoms with Crippen LogP contribution in [0.1, 0.15) is 43.0 Å². The predicted octanol–water partition coefficient (Wildman–Crippen LogP) is 2.70. The normalized spacial score (nSPS) is 16.5. The van der Waals surface area contributed by atoms with Gasteiger partial charge >= 0.3 is 0 Å². The third-order valence-electron chi connectivity index (χ3n) is 4.08. The Morgan fingerprint density at radius 1 is 1.18 bits per heavy atom. The van der Waals surface area contributed by atoms with Gasteiger partial charge in [-0.2, -0.15) is 4.98 Å². The van der Waals surface area contributed by atoms with Gasteiger partial charge in [0.1, 0.15) is 0 Å². The third kappa shape index (κ3) is 2.78. The summed E-state index contributed by atoms with van der Waals surface area (Å²) in [5.41, 5.74) is 1.19. The quantitative estimate of drug-likeness (QED) is 0.817. The molecule has 6 nitrogen and oxygen atoms in total. The summed E-state index contributed by atoms with van der Waals surface area (Å²) in [5.74, 6) is 3.74. The average Bonchev–Trinajstić information content (AvgIpc) is 3.10. The fraction of sp³-hybridized carbons (Fsp3) is 0.500. The summed E-state index contributed by atoms with van der Waals surface area (Å²) in [7, 11) is 0. The Morgan fingerprint density at radius 2 is 2.05 bits per heavy atom. The molecular weight excluding hydrogens is 282 g/mol. The monoisotopic (exact) mass is 301 g/mol. The van der Waals surface area contributed by atoms with E-state index in [1.807, 2.05) is 12.1 Å². The zero-order valence-electron chi connectivity index (χ0n) is 12.6. The van der Waals surface area contributed by atoms with Crippen LogP contribution in [0.15, 0.2) is 22.7 Å². The largest absolute Gasteiger partial charge is 0.454 e. The molecule has 0 unspecified atom stereocenters. The van der Waals surface area contributed by atoms with Gasteiger partial charge in [0.05, 0.1) is 6.54 Å². The van der Waals surface area contributed by atoms with Crippen molar-refractivity contribution in [3.05, 3.63) is 35.5 Å². The summed E-state index contributed by atoms with van der Waals surface area (Å²) >= 11 is 0. The standard InChI is InChI=1S/C16H19N3O3/c1-2-19(9-15-17-16(18-22-15)12-4-5-12)8-11-3-6-13-14(7-11)21-10-20-13/h3,6-7,12H,2,4-5,8-10H2,1H3. The second-order valence-corrected chi connectivity index (χ2v) is 5.81. The molecule has 0 N–H and O–H groups in total. The van der Waals surface area contributed by atoms with Crippen molar-refractivity contribution in [2.24, 2.45) is 0 Å². The van der Waals surface area contributed by atoms with Crippen molar-refractivity contribution in [2.75, 3.05) is 13.3 Å². The van der Waals surface area contributed by atoms with Crippen molar-refractivity contribution < 1.29 is 14.0 Å². The molecule has 2 aliphatic rings. The molecule has 1 aliphatic carbocycles. The van der Waals surface area contributed by atoms with E-state index in [1.54, 1.807) is 0 Å². The number of fused-ring (bicyclic) bond motifs is 1. The van der Waals surface area contributed by atoms with Gasteiger partial charge in [0.25, 0.3) is 0 Å². The molecule has 4 rings (SSSR count). The first-order valence-corrected chi connectivity index (χ1v) is 7.75.